The number of hydrogen-bond donors (Lipinski definition) is 1. The minimum Gasteiger partial charge on any atom is -0.444 e. The first kappa shape index (κ1) is 24.0. The van der Waals surface area contributed by atoms with Crippen LogP contribution in [0.1, 0.15) is 64.4 Å². The predicted octanol–water partition coefficient (Wildman–Crippen LogP) is 2.27. The smallest absolute Gasteiger partial charge is 0.410 e. The highest BCUT2D eigenvalue weighted by molar-refractivity contribution is 7.88. The summed E-state index contributed by atoms with van der Waals surface area (Å²) in [4.78, 5) is 14.0. The summed E-state index contributed by atoms with van der Waals surface area (Å²) in [6.07, 6.45) is 4.70. The van der Waals surface area contributed by atoms with E-state index in [-0.39, 0.29) is 24.3 Å². The molecule has 0 aromatic carbocycles. The fourth-order valence-corrected chi connectivity index (χ4v) is 4.99. The maximum atomic E-state index is 12.3. The van der Waals surface area contributed by atoms with E-state index in [1.807, 2.05) is 25.5 Å². The Morgan fingerprint density at radius 2 is 1.94 bits per heavy atom. The van der Waals surface area contributed by atoms with Gasteiger partial charge in [0.05, 0.1) is 30.7 Å². The third kappa shape index (κ3) is 6.66. The van der Waals surface area contributed by atoms with Crippen molar-refractivity contribution in [3.63, 3.8) is 0 Å². The predicted molar refractivity (Wildman–Crippen MR) is 118 cm³/mol. The van der Waals surface area contributed by atoms with Crippen molar-refractivity contribution in [1.29, 1.82) is 0 Å². The first-order valence-corrected chi connectivity index (χ1v) is 13.0. The molecule has 3 heterocycles. The Balaban J connectivity index is 1.61. The molecular weight excluding hydrogens is 420 g/mol. The Kier molecular flexibility index (Phi) is 7.32. The number of rotatable bonds is 6. The molecular formula is C21H36N4O5S. The highest BCUT2D eigenvalue weighted by Crippen LogP contribution is 2.28. The van der Waals surface area contributed by atoms with Gasteiger partial charge in [0.15, 0.2) is 0 Å². The van der Waals surface area contributed by atoms with Gasteiger partial charge in [-0.3, -0.25) is 4.68 Å². The normalized spacial score (nSPS) is 22.9. The van der Waals surface area contributed by atoms with Crippen LogP contribution in [0.15, 0.2) is 6.07 Å². The number of aryl methyl sites for hydroxylation is 2. The molecule has 1 saturated heterocycles. The molecule has 1 aromatic heterocycles. The van der Waals surface area contributed by atoms with Crippen LogP contribution in [-0.2, 0) is 32.3 Å². The summed E-state index contributed by atoms with van der Waals surface area (Å²) in [6.45, 7) is 9.19. The lowest BCUT2D eigenvalue weighted by Crippen LogP contribution is -2.47. The molecule has 1 aromatic rings. The van der Waals surface area contributed by atoms with Crippen LogP contribution < -0.4 is 4.72 Å². The lowest BCUT2D eigenvalue weighted by molar-refractivity contribution is -0.0249. The SMILES string of the molecule is CCc1cc2n(n1)[C@@H](COC1CCN(C(=O)OC(C)(C)C)CC1)[C@@H](NS(C)(=O)=O)CC2. The van der Waals surface area contributed by atoms with E-state index >= 15 is 0 Å². The molecule has 10 heteroatoms. The van der Waals surface area contributed by atoms with Crippen molar-refractivity contribution in [1.82, 2.24) is 19.4 Å². The molecule has 0 radical (unpaired) electrons. The van der Waals surface area contributed by atoms with E-state index in [9.17, 15) is 13.2 Å². The number of aromatic nitrogens is 2. The molecule has 0 bridgehead atoms. The van der Waals surface area contributed by atoms with Crippen LogP contribution in [0.2, 0.25) is 0 Å². The number of piperidine rings is 1. The largest absolute Gasteiger partial charge is 0.444 e. The van der Waals surface area contributed by atoms with Gasteiger partial charge in [-0.25, -0.2) is 17.9 Å². The number of fused-ring (bicyclic) bond motifs is 1. The van der Waals surface area contributed by atoms with Gasteiger partial charge < -0.3 is 14.4 Å². The molecule has 0 unspecified atom stereocenters. The highest BCUT2D eigenvalue weighted by atomic mass is 32.2. The van der Waals surface area contributed by atoms with E-state index in [2.05, 4.69) is 17.7 Å². The van der Waals surface area contributed by atoms with Gasteiger partial charge in [-0.2, -0.15) is 5.10 Å². The zero-order chi connectivity index (χ0) is 22.8. The van der Waals surface area contributed by atoms with E-state index in [0.29, 0.717) is 26.1 Å². The van der Waals surface area contributed by atoms with Crippen molar-refractivity contribution in [2.24, 2.45) is 0 Å². The van der Waals surface area contributed by atoms with Crippen LogP contribution in [-0.4, -0.2) is 72.9 Å². The summed E-state index contributed by atoms with van der Waals surface area (Å²) in [5, 5.41) is 4.70. The number of amides is 1. The molecule has 0 spiro atoms. The van der Waals surface area contributed by atoms with Crippen molar-refractivity contribution >= 4 is 16.1 Å². The van der Waals surface area contributed by atoms with E-state index in [0.717, 1.165) is 37.1 Å². The number of hydrogen-bond acceptors (Lipinski definition) is 6. The first-order valence-electron chi connectivity index (χ1n) is 11.1. The molecule has 2 atom stereocenters. The van der Waals surface area contributed by atoms with Gasteiger partial charge in [-0.1, -0.05) is 6.92 Å². The second-order valence-corrected chi connectivity index (χ2v) is 11.3. The molecule has 31 heavy (non-hydrogen) atoms. The monoisotopic (exact) mass is 456 g/mol. The topological polar surface area (TPSA) is 103 Å². The number of carbonyl (C=O) groups excluding carboxylic acids is 1. The van der Waals surface area contributed by atoms with E-state index in [4.69, 9.17) is 14.6 Å². The van der Waals surface area contributed by atoms with Gasteiger partial charge >= 0.3 is 6.09 Å². The zero-order valence-corrected chi connectivity index (χ0v) is 20.1. The number of ether oxygens (including phenoxy) is 2. The summed E-state index contributed by atoms with van der Waals surface area (Å²) in [5.74, 6) is 0. The van der Waals surface area contributed by atoms with Crippen LogP contribution in [0.4, 0.5) is 4.79 Å². The molecule has 0 saturated carbocycles. The second-order valence-electron chi connectivity index (χ2n) is 9.53. The van der Waals surface area contributed by atoms with Gasteiger partial charge in [0.2, 0.25) is 10.0 Å². The van der Waals surface area contributed by atoms with Crippen LogP contribution in [0.5, 0.6) is 0 Å². The molecule has 0 aliphatic carbocycles. The Bertz CT molecular complexity index is 869. The van der Waals surface area contributed by atoms with E-state index in [1.165, 1.54) is 6.26 Å². The first-order chi connectivity index (χ1) is 14.4. The van der Waals surface area contributed by atoms with Crippen LogP contribution in [0, 0.1) is 0 Å². The van der Waals surface area contributed by atoms with Gasteiger partial charge in [0.25, 0.3) is 0 Å². The Labute approximate surface area is 185 Å². The highest BCUT2D eigenvalue weighted by Gasteiger charge is 2.34. The summed E-state index contributed by atoms with van der Waals surface area (Å²) >= 11 is 0. The fourth-order valence-electron chi connectivity index (χ4n) is 4.17. The van der Waals surface area contributed by atoms with Gasteiger partial charge in [-0.05, 0) is 58.9 Å². The number of likely N-dealkylation sites (tertiary alicyclic amines) is 1. The quantitative estimate of drug-likeness (QED) is 0.704. The maximum Gasteiger partial charge on any atom is 0.410 e. The van der Waals surface area contributed by atoms with Crippen molar-refractivity contribution in [2.75, 3.05) is 26.0 Å². The van der Waals surface area contributed by atoms with Crippen molar-refractivity contribution in [2.45, 2.75) is 83.6 Å². The zero-order valence-electron chi connectivity index (χ0n) is 19.3. The van der Waals surface area contributed by atoms with E-state index < -0.39 is 15.6 Å². The average Bonchev–Trinajstić information content (AvgIpc) is 3.08. The molecule has 2 aliphatic rings. The average molecular weight is 457 g/mol. The standard InChI is InChI=1S/C21H36N4O5S/c1-6-15-13-16-7-8-18(23-31(5,27)28)19(25(16)22-15)14-29-17-9-11-24(12-10-17)20(26)30-21(2,3)4/h13,17-19,23H,6-12,14H2,1-5H3/t18-,19-/m0/s1. The van der Waals surface area contributed by atoms with Crippen molar-refractivity contribution < 1.29 is 22.7 Å². The van der Waals surface area contributed by atoms with Crippen molar-refractivity contribution in [3.05, 3.63) is 17.5 Å². The van der Waals surface area contributed by atoms with Gasteiger partial charge in [-0.15, -0.1) is 0 Å². The third-order valence-corrected chi connectivity index (χ3v) is 6.41. The van der Waals surface area contributed by atoms with Crippen LogP contribution >= 0.6 is 0 Å². The molecule has 1 fully saturated rings. The number of nitrogens with zero attached hydrogens (tertiary/aromatic N) is 3. The minimum atomic E-state index is -3.34. The summed E-state index contributed by atoms with van der Waals surface area (Å²) in [7, 11) is -3.34. The molecule has 1 N–H and O–H groups in total. The fraction of sp³-hybridized carbons (Fsp3) is 0.810. The van der Waals surface area contributed by atoms with E-state index in [1.54, 1.807) is 4.90 Å². The summed E-state index contributed by atoms with van der Waals surface area (Å²) in [6, 6.07) is 1.65. The number of carbonyl (C=O) groups is 1. The Morgan fingerprint density at radius 1 is 1.26 bits per heavy atom. The lowest BCUT2D eigenvalue weighted by atomic mass is 9.98. The minimum absolute atomic E-state index is 0.0177. The molecule has 9 nitrogen and oxygen atoms in total. The molecule has 2 aliphatic heterocycles. The number of sulfonamides is 1. The van der Waals surface area contributed by atoms with Crippen LogP contribution in [0.3, 0.4) is 0 Å². The summed E-state index contributed by atoms with van der Waals surface area (Å²) < 4.78 is 40.2. The van der Waals surface area contributed by atoms with Crippen LogP contribution in [0.25, 0.3) is 0 Å². The molecule has 176 valence electrons. The van der Waals surface area contributed by atoms with Gasteiger partial charge in [0, 0.05) is 24.8 Å². The summed E-state index contributed by atoms with van der Waals surface area (Å²) in [5.41, 5.74) is 1.62. The molecule has 1 amide bonds. The Hall–Kier alpha value is -1.65. The van der Waals surface area contributed by atoms with Crippen molar-refractivity contribution in [3.8, 4) is 0 Å². The third-order valence-electron chi connectivity index (χ3n) is 5.68. The van der Waals surface area contributed by atoms with Gasteiger partial charge in [0.1, 0.15) is 5.60 Å². The maximum absolute atomic E-state index is 12.3. The second kappa shape index (κ2) is 9.46. The number of nitrogens with one attached hydrogen (secondary N) is 1. The molecule has 3 rings (SSSR count). The lowest BCUT2D eigenvalue weighted by Gasteiger charge is -2.36. The Morgan fingerprint density at radius 3 is 2.52 bits per heavy atom.